The Balaban J connectivity index is 0.000000755. The summed E-state index contributed by atoms with van der Waals surface area (Å²) >= 11 is 0.757. The average molecular weight is 488 g/mol. The van der Waals surface area contributed by atoms with E-state index in [4.69, 9.17) is 4.74 Å². The number of nitrogens with one attached hydrogen (secondary N) is 1. The first-order chi connectivity index (χ1) is 14.1. The zero-order valence-corrected chi connectivity index (χ0v) is 18.2. The minimum absolute atomic E-state index is 0.0977. The maximum absolute atomic E-state index is 12.3. The van der Waals surface area contributed by atoms with E-state index in [1.54, 1.807) is 4.90 Å². The third-order valence-electron chi connectivity index (χ3n) is 5.25. The summed E-state index contributed by atoms with van der Waals surface area (Å²) < 4.78 is 5.40. The van der Waals surface area contributed by atoms with Crippen molar-refractivity contribution in [3.63, 3.8) is 0 Å². The third kappa shape index (κ3) is 6.48. The summed E-state index contributed by atoms with van der Waals surface area (Å²) in [5.41, 5.74) is 2.70. The van der Waals surface area contributed by atoms with Gasteiger partial charge in [0, 0.05) is 24.6 Å². The summed E-state index contributed by atoms with van der Waals surface area (Å²) in [7, 11) is 9.34. The molecule has 0 unspecified atom stereocenters. The molecule has 1 saturated carbocycles. The normalized spacial score (nSPS) is 16.8. The Bertz CT molecular complexity index is 854. The first kappa shape index (κ1) is 22.2. The Morgan fingerprint density at radius 1 is 1.14 bits per heavy atom. The fourth-order valence-electron chi connectivity index (χ4n) is 3.51. The van der Waals surface area contributed by atoms with E-state index in [1.807, 2.05) is 36.4 Å². The van der Waals surface area contributed by atoms with Gasteiger partial charge in [0.05, 0.1) is 5.69 Å². The van der Waals surface area contributed by atoms with Gasteiger partial charge in [-0.05, 0) is 43.2 Å². The predicted molar refractivity (Wildman–Crippen MR) is 109 cm³/mol. The standard InChI is InChI=1S/C20H23N3O3.2ClH.Cu/c24-19-17(12-18(21-22-19)16-6-7-16)15-8-10-23(11-9-15)20(25)26-13-14-4-2-1-3-5-14;;;/h1-5,12,15-16H,6-11,13H2,(H,22,24);2*1H;/q;;;+2/p-2. The second kappa shape index (κ2) is 11.0. The zero-order chi connectivity index (χ0) is 20.6. The summed E-state index contributed by atoms with van der Waals surface area (Å²) in [6.07, 6.45) is 3.58. The Labute approximate surface area is 184 Å². The first-order valence-corrected chi connectivity index (χ1v) is 12.1. The van der Waals surface area contributed by atoms with E-state index in [2.05, 4.69) is 30.4 Å². The number of halogens is 2. The molecule has 4 rings (SSSR count). The number of aromatic nitrogens is 2. The molecule has 0 atom stereocenters. The number of likely N-dealkylation sites (tertiary alicyclic amines) is 1. The summed E-state index contributed by atoms with van der Waals surface area (Å²) in [5, 5.41) is 6.82. The van der Waals surface area contributed by atoms with E-state index in [1.165, 1.54) is 0 Å². The topological polar surface area (TPSA) is 75.3 Å². The molecule has 0 spiro atoms. The second-order valence-corrected chi connectivity index (χ2v) is 8.75. The molecule has 0 radical (unpaired) electrons. The molecule has 29 heavy (non-hydrogen) atoms. The van der Waals surface area contributed by atoms with Crippen molar-refractivity contribution in [3.05, 3.63) is 63.6 Å². The molecule has 1 amide bonds. The number of hydrogen-bond donors (Lipinski definition) is 1. The number of carbonyl (C=O) groups is 1. The molecule has 1 aromatic heterocycles. The summed E-state index contributed by atoms with van der Waals surface area (Å²) in [4.78, 5) is 26.2. The van der Waals surface area contributed by atoms with Crippen molar-refractivity contribution < 1.29 is 22.7 Å². The van der Waals surface area contributed by atoms with Crippen LogP contribution in [0.25, 0.3) is 0 Å². The molecule has 1 aliphatic heterocycles. The van der Waals surface area contributed by atoms with Crippen molar-refractivity contribution in [2.24, 2.45) is 0 Å². The van der Waals surface area contributed by atoms with E-state index < -0.39 is 0 Å². The van der Waals surface area contributed by atoms with Crippen LogP contribution in [0.15, 0.2) is 41.2 Å². The Hall–Kier alpha value is -1.53. The van der Waals surface area contributed by atoms with Crippen LogP contribution in [0.3, 0.4) is 0 Å². The SMILES string of the molecule is O=C(OCc1ccccc1)N1CCC(c2cc(C3CC3)n[nH]c2=O)CC1.[Cl][Cu][Cl]. The van der Waals surface area contributed by atoms with Crippen LogP contribution in [-0.4, -0.2) is 34.3 Å². The predicted octanol–water partition coefficient (Wildman–Crippen LogP) is 4.54. The fraction of sp³-hybridized carbons (Fsp3) is 0.450. The van der Waals surface area contributed by atoms with Crippen LogP contribution in [0.4, 0.5) is 4.79 Å². The fourth-order valence-corrected chi connectivity index (χ4v) is 3.51. The number of nitrogens with zero attached hydrogens (tertiary/aromatic N) is 2. The Morgan fingerprint density at radius 3 is 2.41 bits per heavy atom. The number of hydrogen-bond acceptors (Lipinski definition) is 4. The number of aromatic amines is 1. The van der Waals surface area contributed by atoms with E-state index in [0.29, 0.717) is 19.0 Å². The van der Waals surface area contributed by atoms with Crippen LogP contribution in [0.2, 0.25) is 0 Å². The van der Waals surface area contributed by atoms with E-state index in [9.17, 15) is 9.59 Å². The number of rotatable bonds is 4. The quantitative estimate of drug-likeness (QED) is 0.642. The molecule has 2 fully saturated rings. The molecule has 161 valence electrons. The van der Waals surface area contributed by atoms with E-state index in [-0.39, 0.29) is 24.2 Å². The zero-order valence-electron chi connectivity index (χ0n) is 15.7. The van der Waals surface area contributed by atoms with Gasteiger partial charge in [-0.3, -0.25) is 4.79 Å². The third-order valence-corrected chi connectivity index (χ3v) is 5.25. The van der Waals surface area contributed by atoms with Crippen molar-refractivity contribution in [1.29, 1.82) is 0 Å². The maximum atomic E-state index is 12.3. The number of carbonyl (C=O) groups excluding carboxylic acids is 1. The number of amides is 1. The van der Waals surface area contributed by atoms with Gasteiger partial charge in [0.25, 0.3) is 5.56 Å². The monoisotopic (exact) mass is 486 g/mol. The van der Waals surface area contributed by atoms with Crippen LogP contribution in [0.1, 0.15) is 54.3 Å². The molecule has 6 nitrogen and oxygen atoms in total. The van der Waals surface area contributed by atoms with Gasteiger partial charge in [0.1, 0.15) is 6.61 Å². The van der Waals surface area contributed by atoms with Gasteiger partial charge in [0.15, 0.2) is 0 Å². The molecule has 2 aliphatic rings. The molecule has 1 aliphatic carbocycles. The van der Waals surface area contributed by atoms with Gasteiger partial charge in [0.2, 0.25) is 0 Å². The van der Waals surface area contributed by atoms with Crippen LogP contribution in [0.5, 0.6) is 0 Å². The van der Waals surface area contributed by atoms with Crippen molar-refractivity contribution >= 4 is 26.3 Å². The number of H-pyrrole nitrogens is 1. The molecule has 2 aromatic rings. The van der Waals surface area contributed by atoms with Crippen molar-refractivity contribution in [2.75, 3.05) is 13.1 Å². The molecule has 0 bridgehead atoms. The molecule has 9 heteroatoms. The number of ether oxygens (including phenoxy) is 1. The number of piperidine rings is 1. The molecular formula is C20H23Cl2CuN3O3. The molecule has 1 N–H and O–H groups in total. The second-order valence-electron chi connectivity index (χ2n) is 7.20. The first-order valence-electron chi connectivity index (χ1n) is 9.48. The molecule has 1 aromatic carbocycles. The molecular weight excluding hydrogens is 465 g/mol. The van der Waals surface area contributed by atoms with Crippen LogP contribution >= 0.6 is 20.2 Å². The number of benzene rings is 1. The van der Waals surface area contributed by atoms with E-state index >= 15 is 0 Å². The van der Waals surface area contributed by atoms with Crippen LogP contribution in [0, 0.1) is 0 Å². The summed E-state index contributed by atoms with van der Waals surface area (Å²) in [6, 6.07) is 11.6. The average Bonchev–Trinajstić information content (AvgIpc) is 3.59. The molecule has 1 saturated heterocycles. The van der Waals surface area contributed by atoms with Gasteiger partial charge in [-0.1, -0.05) is 30.3 Å². The van der Waals surface area contributed by atoms with Gasteiger partial charge in [-0.15, -0.1) is 0 Å². The van der Waals surface area contributed by atoms with Crippen molar-refractivity contribution in [3.8, 4) is 0 Å². The summed E-state index contributed by atoms with van der Waals surface area (Å²) in [5.74, 6) is 0.691. The summed E-state index contributed by atoms with van der Waals surface area (Å²) in [6.45, 7) is 1.51. The van der Waals surface area contributed by atoms with Gasteiger partial charge < -0.3 is 9.64 Å². The Kier molecular flexibility index (Phi) is 8.42. The van der Waals surface area contributed by atoms with Gasteiger partial charge >= 0.3 is 39.4 Å². The van der Waals surface area contributed by atoms with Crippen molar-refractivity contribution in [1.82, 2.24) is 15.1 Å². The Morgan fingerprint density at radius 2 is 1.79 bits per heavy atom. The van der Waals surface area contributed by atoms with Gasteiger partial charge in [-0.2, -0.15) is 5.10 Å². The van der Waals surface area contributed by atoms with Crippen molar-refractivity contribution in [2.45, 2.75) is 44.1 Å². The van der Waals surface area contributed by atoms with Crippen LogP contribution < -0.4 is 5.56 Å². The van der Waals surface area contributed by atoms with E-state index in [0.717, 1.165) is 55.6 Å². The molecule has 2 heterocycles. The van der Waals surface area contributed by atoms with Gasteiger partial charge in [-0.25, -0.2) is 9.89 Å². The van der Waals surface area contributed by atoms with Crippen LogP contribution in [-0.2, 0) is 24.5 Å². The minimum atomic E-state index is -0.283.